The third-order valence-corrected chi connectivity index (χ3v) is 11.1. The van der Waals surface area contributed by atoms with Crippen molar-refractivity contribution < 1.29 is 0 Å². The van der Waals surface area contributed by atoms with Crippen molar-refractivity contribution in [2.24, 2.45) is 4.99 Å². The van der Waals surface area contributed by atoms with Gasteiger partial charge >= 0.3 is 0 Å². The summed E-state index contributed by atoms with van der Waals surface area (Å²) in [5, 5.41) is 4.64. The summed E-state index contributed by atoms with van der Waals surface area (Å²) in [5.74, 6) is 0. The Kier molecular flexibility index (Phi) is 10.0. The zero-order valence-electron chi connectivity index (χ0n) is 34.4. The number of hydrogen-bond acceptors (Lipinski definition) is 5. The Bertz CT molecular complexity index is 3020. The summed E-state index contributed by atoms with van der Waals surface area (Å²) in [6.45, 7) is 7.28. The highest BCUT2D eigenvalue weighted by atomic mass is 15.0. The summed E-state index contributed by atoms with van der Waals surface area (Å²) < 4.78 is 4.76. The van der Waals surface area contributed by atoms with Gasteiger partial charge in [0.1, 0.15) is 0 Å². The number of aromatic nitrogens is 6. The average molecular weight is 800 g/mol. The maximum atomic E-state index is 4.67. The van der Waals surface area contributed by atoms with Crippen LogP contribution in [0.2, 0.25) is 0 Å². The molecule has 0 saturated carbocycles. The van der Waals surface area contributed by atoms with Gasteiger partial charge in [0.05, 0.1) is 44.8 Å². The molecule has 11 rings (SSSR count). The van der Waals surface area contributed by atoms with Crippen molar-refractivity contribution in [1.82, 2.24) is 29.1 Å². The fraction of sp³-hybridized carbons (Fsp3) is 0.0364. The lowest BCUT2D eigenvalue weighted by Crippen LogP contribution is -1.98. The van der Waals surface area contributed by atoms with Gasteiger partial charge in [-0.15, -0.1) is 0 Å². The lowest BCUT2D eigenvalue weighted by atomic mass is 10.0. The van der Waals surface area contributed by atoms with Crippen LogP contribution >= 0.6 is 0 Å². The van der Waals surface area contributed by atoms with E-state index in [0.717, 1.165) is 106 Å². The molecular formula is C55H41N7. The van der Waals surface area contributed by atoms with E-state index in [-0.39, 0.29) is 0 Å². The van der Waals surface area contributed by atoms with Gasteiger partial charge in [-0.2, -0.15) is 0 Å². The summed E-state index contributed by atoms with van der Waals surface area (Å²) >= 11 is 0. The maximum absolute atomic E-state index is 4.67. The molecule has 11 aromatic rings. The molecule has 0 unspecified atom stereocenters. The molecule has 62 heavy (non-hydrogen) atoms. The molecule has 0 saturated heterocycles. The zero-order valence-corrected chi connectivity index (χ0v) is 34.4. The highest BCUT2D eigenvalue weighted by Crippen LogP contribution is 2.40. The maximum Gasteiger partial charge on any atom is 0.0702 e. The van der Waals surface area contributed by atoms with Crippen LogP contribution in [-0.2, 0) is 0 Å². The number of pyridine rings is 4. The third-order valence-electron chi connectivity index (χ3n) is 11.1. The molecule has 7 nitrogen and oxygen atoms in total. The molecule has 0 atom stereocenters. The summed E-state index contributed by atoms with van der Waals surface area (Å²) in [6.07, 6.45) is 9.12. The number of fused-ring (bicyclic) bond motifs is 6. The Labute approximate surface area is 359 Å². The molecule has 0 spiro atoms. The van der Waals surface area contributed by atoms with Crippen LogP contribution in [0.25, 0.3) is 100 Å². The van der Waals surface area contributed by atoms with Crippen LogP contribution in [0.15, 0.2) is 212 Å². The van der Waals surface area contributed by atoms with Gasteiger partial charge in [0.2, 0.25) is 0 Å². The minimum absolute atomic E-state index is 0.859. The molecule has 6 heterocycles. The van der Waals surface area contributed by atoms with E-state index in [9.17, 15) is 0 Å². The number of nitrogens with zero attached hydrogens (tertiary/aromatic N) is 7. The van der Waals surface area contributed by atoms with Crippen molar-refractivity contribution in [2.75, 3.05) is 0 Å². The van der Waals surface area contributed by atoms with Crippen molar-refractivity contribution in [3.8, 4) is 56.4 Å². The second-order valence-corrected chi connectivity index (χ2v) is 15.1. The first-order valence-electron chi connectivity index (χ1n) is 20.6. The summed E-state index contributed by atoms with van der Waals surface area (Å²) in [5.41, 5.74) is 15.6. The van der Waals surface area contributed by atoms with E-state index in [4.69, 9.17) is 0 Å². The number of aliphatic imine (C=N–C) groups is 1. The van der Waals surface area contributed by atoms with Gasteiger partial charge in [-0.05, 0) is 129 Å². The molecule has 0 radical (unpaired) electrons. The predicted octanol–water partition coefficient (Wildman–Crippen LogP) is 13.7. The second-order valence-electron chi connectivity index (χ2n) is 15.1. The van der Waals surface area contributed by atoms with Crippen molar-refractivity contribution in [3.63, 3.8) is 0 Å². The van der Waals surface area contributed by atoms with E-state index < -0.39 is 0 Å². The lowest BCUT2D eigenvalue weighted by molar-refractivity contribution is 1.13. The van der Waals surface area contributed by atoms with Gasteiger partial charge < -0.3 is 9.13 Å². The molecule has 7 heteroatoms. The van der Waals surface area contributed by atoms with Crippen LogP contribution in [0.1, 0.15) is 13.8 Å². The third kappa shape index (κ3) is 7.11. The number of hydrogen-bond donors (Lipinski definition) is 0. The van der Waals surface area contributed by atoms with Crippen LogP contribution in [-0.4, -0.2) is 35.3 Å². The molecule has 5 aromatic carbocycles. The van der Waals surface area contributed by atoms with Gasteiger partial charge in [-0.25, -0.2) is 0 Å². The van der Waals surface area contributed by atoms with E-state index in [1.807, 2.05) is 87.2 Å². The van der Waals surface area contributed by atoms with Crippen LogP contribution < -0.4 is 0 Å². The van der Waals surface area contributed by atoms with Crippen molar-refractivity contribution in [3.05, 3.63) is 207 Å². The molecule has 0 aliphatic heterocycles. The number of benzene rings is 5. The lowest BCUT2D eigenvalue weighted by Gasteiger charge is -2.13. The number of rotatable bonds is 7. The molecule has 0 aliphatic rings. The van der Waals surface area contributed by atoms with E-state index in [1.165, 1.54) is 0 Å². The molecule has 0 aliphatic carbocycles. The summed E-state index contributed by atoms with van der Waals surface area (Å²) in [7, 11) is 0. The van der Waals surface area contributed by atoms with Gasteiger partial charge in [0, 0.05) is 91.9 Å². The normalized spacial score (nSPS) is 11.4. The molecule has 0 bridgehead atoms. The molecule has 0 N–H and O–H groups in total. The Morgan fingerprint density at radius 1 is 0.419 bits per heavy atom. The zero-order chi connectivity index (χ0) is 42.0. The van der Waals surface area contributed by atoms with E-state index >= 15 is 0 Å². The first-order valence-corrected chi connectivity index (χ1v) is 20.6. The summed E-state index contributed by atoms with van der Waals surface area (Å²) in [6, 6.07) is 59.8. The van der Waals surface area contributed by atoms with Gasteiger partial charge in [0.25, 0.3) is 0 Å². The Morgan fingerprint density at radius 3 is 0.984 bits per heavy atom. The van der Waals surface area contributed by atoms with E-state index in [0.29, 0.717) is 0 Å². The highest BCUT2D eigenvalue weighted by molar-refractivity contribution is 6.13. The van der Waals surface area contributed by atoms with Gasteiger partial charge in [-0.1, -0.05) is 61.2 Å². The molecular weight excluding hydrogens is 759 g/mol. The standard InChI is InChI=1S/C50H32N6.C5H9N/c1-5-24-51-43(12-1)33-16-20-47-39(28-33)40-29-34(44-13-2-6-25-52-44)17-21-48(40)55(47)37-10-9-11-38(32-37)56-49-22-18-35(45-14-3-7-26-53-45)30-41(49)42-31-36(19-23-50(42)56)46-15-4-8-27-54-46;1-4-6-5(2)3/h1-32H;4H,2H2,1,3H3. The predicted molar refractivity (Wildman–Crippen MR) is 257 cm³/mol. The largest absolute Gasteiger partial charge is 0.309 e. The smallest absolute Gasteiger partial charge is 0.0702 e. The van der Waals surface area contributed by atoms with E-state index in [1.54, 1.807) is 6.21 Å². The highest BCUT2D eigenvalue weighted by Gasteiger charge is 2.19. The van der Waals surface area contributed by atoms with Crippen LogP contribution in [0.3, 0.4) is 0 Å². The van der Waals surface area contributed by atoms with Crippen molar-refractivity contribution in [1.29, 1.82) is 0 Å². The van der Waals surface area contributed by atoms with Crippen molar-refractivity contribution >= 4 is 49.8 Å². The number of allylic oxidation sites excluding steroid dienone is 1. The Morgan fingerprint density at radius 2 is 0.742 bits per heavy atom. The van der Waals surface area contributed by atoms with Gasteiger partial charge in [0.15, 0.2) is 0 Å². The fourth-order valence-corrected chi connectivity index (χ4v) is 8.37. The van der Waals surface area contributed by atoms with E-state index in [2.05, 4.69) is 162 Å². The average Bonchev–Trinajstić information content (AvgIpc) is 3.84. The monoisotopic (exact) mass is 799 g/mol. The van der Waals surface area contributed by atoms with Crippen molar-refractivity contribution in [2.45, 2.75) is 13.8 Å². The second kappa shape index (κ2) is 16.4. The molecule has 296 valence electrons. The molecule has 6 aromatic heterocycles. The fourth-order valence-electron chi connectivity index (χ4n) is 8.37. The minimum atomic E-state index is 0.859. The topological polar surface area (TPSA) is 73.8 Å². The Balaban J connectivity index is 0.000000716. The molecule has 0 fully saturated rings. The molecule has 0 amide bonds. The quantitative estimate of drug-likeness (QED) is 0.151. The Hall–Kier alpha value is -8.29. The SMILES string of the molecule is C=C(C)N=CC.c1ccc(-c2ccc3c(c2)c2cc(-c4ccccn4)ccc2n3-c2cccc(-n3c4ccc(-c5ccccn5)cc4c4cc(-c5ccccn5)ccc43)c2)nc1. The summed E-state index contributed by atoms with van der Waals surface area (Å²) in [4.78, 5) is 22.5. The van der Waals surface area contributed by atoms with Gasteiger partial charge in [-0.3, -0.25) is 24.9 Å². The van der Waals surface area contributed by atoms with Crippen LogP contribution in [0.4, 0.5) is 0 Å². The first-order chi connectivity index (χ1) is 30.5. The van der Waals surface area contributed by atoms with Crippen LogP contribution in [0.5, 0.6) is 0 Å². The van der Waals surface area contributed by atoms with Crippen LogP contribution in [0, 0.1) is 0 Å². The minimum Gasteiger partial charge on any atom is -0.309 e. The first kappa shape index (κ1) is 37.9.